The number of rotatable bonds is 8. The van der Waals surface area contributed by atoms with Crippen molar-refractivity contribution in [2.45, 2.75) is 13.0 Å². The fraction of sp³-hybridized carbons (Fsp3) is 0.200. The lowest BCUT2D eigenvalue weighted by Gasteiger charge is -2.06. The molecule has 26 heavy (non-hydrogen) atoms. The quantitative estimate of drug-likeness (QED) is 0.395. The van der Waals surface area contributed by atoms with E-state index in [1.165, 1.54) is 11.8 Å². The Bertz CT molecular complexity index is 811. The maximum Gasteiger partial charge on any atom is 0.263 e. The second kappa shape index (κ2) is 10.3. The number of hydrogen-bond acceptors (Lipinski definition) is 4. The van der Waals surface area contributed by atoms with Crippen LogP contribution >= 0.6 is 15.9 Å². The normalized spacial score (nSPS) is 10.7. The molecule has 0 aliphatic heterocycles. The lowest BCUT2D eigenvalue weighted by Crippen LogP contribution is -2.25. The smallest absolute Gasteiger partial charge is 0.263 e. The molecule has 0 aliphatic carbocycles. The number of methoxy groups -OCH3 is 1. The molecular formula is C20H20BrN3O2. The molecule has 0 radical (unpaired) electrons. The van der Waals surface area contributed by atoms with Crippen LogP contribution < -0.4 is 15.4 Å². The Kier molecular flexibility index (Phi) is 7.72. The third kappa shape index (κ3) is 6.26. The average molecular weight is 414 g/mol. The summed E-state index contributed by atoms with van der Waals surface area (Å²) in [6, 6.07) is 17.3. The van der Waals surface area contributed by atoms with E-state index in [0.29, 0.717) is 13.1 Å². The van der Waals surface area contributed by atoms with Crippen molar-refractivity contribution >= 4 is 21.8 Å². The molecule has 0 saturated heterocycles. The van der Waals surface area contributed by atoms with Gasteiger partial charge in [0, 0.05) is 23.8 Å². The van der Waals surface area contributed by atoms with Crippen LogP contribution in [-0.4, -0.2) is 19.6 Å². The van der Waals surface area contributed by atoms with Crippen molar-refractivity contribution in [1.29, 1.82) is 5.26 Å². The SMILES string of the molecule is COc1ccc(CNC(=O)/C(C#N)=C\NCCc2cccc(Br)c2)cc1. The van der Waals surface area contributed by atoms with Gasteiger partial charge in [0.1, 0.15) is 17.4 Å². The maximum absolute atomic E-state index is 12.1. The van der Waals surface area contributed by atoms with Gasteiger partial charge in [-0.15, -0.1) is 0 Å². The molecule has 0 atom stereocenters. The predicted molar refractivity (Wildman–Crippen MR) is 104 cm³/mol. The van der Waals surface area contributed by atoms with Gasteiger partial charge in [-0.2, -0.15) is 5.26 Å². The fourth-order valence-corrected chi connectivity index (χ4v) is 2.70. The summed E-state index contributed by atoms with van der Waals surface area (Å²) in [5, 5.41) is 14.9. The van der Waals surface area contributed by atoms with Crippen LogP contribution in [0.4, 0.5) is 0 Å². The number of carbonyl (C=O) groups excluding carboxylic acids is 1. The molecule has 0 saturated carbocycles. The number of amides is 1. The predicted octanol–water partition coefficient (Wildman–Crippen LogP) is 3.31. The van der Waals surface area contributed by atoms with E-state index in [-0.39, 0.29) is 5.57 Å². The number of benzene rings is 2. The van der Waals surface area contributed by atoms with Gasteiger partial charge in [0.05, 0.1) is 7.11 Å². The van der Waals surface area contributed by atoms with Gasteiger partial charge in [0.2, 0.25) is 0 Å². The van der Waals surface area contributed by atoms with Crippen molar-refractivity contribution in [3.05, 3.63) is 75.9 Å². The molecule has 0 aromatic heterocycles. The van der Waals surface area contributed by atoms with Crippen LogP contribution in [0.25, 0.3) is 0 Å². The van der Waals surface area contributed by atoms with Gasteiger partial charge >= 0.3 is 0 Å². The van der Waals surface area contributed by atoms with Crippen molar-refractivity contribution in [3.8, 4) is 11.8 Å². The summed E-state index contributed by atoms with van der Waals surface area (Å²) >= 11 is 3.43. The molecule has 134 valence electrons. The molecule has 2 rings (SSSR count). The third-order valence-electron chi connectivity index (χ3n) is 3.67. The largest absolute Gasteiger partial charge is 0.497 e. The van der Waals surface area contributed by atoms with Crippen LogP contribution in [0.3, 0.4) is 0 Å². The summed E-state index contributed by atoms with van der Waals surface area (Å²) in [5.41, 5.74) is 2.15. The van der Waals surface area contributed by atoms with Gasteiger partial charge in [-0.3, -0.25) is 4.79 Å². The molecule has 5 nitrogen and oxygen atoms in total. The topological polar surface area (TPSA) is 74.1 Å². The van der Waals surface area contributed by atoms with Crippen molar-refractivity contribution in [3.63, 3.8) is 0 Å². The highest BCUT2D eigenvalue weighted by Gasteiger charge is 2.08. The van der Waals surface area contributed by atoms with Gasteiger partial charge in [0.15, 0.2) is 0 Å². The molecule has 1 amide bonds. The highest BCUT2D eigenvalue weighted by molar-refractivity contribution is 9.10. The second-order valence-electron chi connectivity index (χ2n) is 5.53. The van der Waals surface area contributed by atoms with Crippen molar-refractivity contribution in [2.75, 3.05) is 13.7 Å². The lowest BCUT2D eigenvalue weighted by atomic mass is 10.1. The zero-order valence-electron chi connectivity index (χ0n) is 14.5. The number of nitriles is 1. The van der Waals surface area contributed by atoms with Gasteiger partial charge in [-0.1, -0.05) is 40.2 Å². The first-order valence-electron chi connectivity index (χ1n) is 8.11. The van der Waals surface area contributed by atoms with Crippen LogP contribution in [0.5, 0.6) is 5.75 Å². The van der Waals surface area contributed by atoms with Crippen molar-refractivity contribution < 1.29 is 9.53 Å². The first-order valence-corrected chi connectivity index (χ1v) is 8.91. The van der Waals surface area contributed by atoms with Crippen LogP contribution in [-0.2, 0) is 17.8 Å². The molecule has 0 spiro atoms. The molecule has 0 fully saturated rings. The molecule has 0 heterocycles. The highest BCUT2D eigenvalue weighted by Crippen LogP contribution is 2.12. The molecule has 2 aromatic carbocycles. The first-order chi connectivity index (χ1) is 12.6. The van der Waals surface area contributed by atoms with E-state index >= 15 is 0 Å². The summed E-state index contributed by atoms with van der Waals surface area (Å²) in [6.45, 7) is 0.979. The van der Waals surface area contributed by atoms with E-state index < -0.39 is 5.91 Å². The Hall–Kier alpha value is -2.78. The van der Waals surface area contributed by atoms with Crippen LogP contribution in [0.2, 0.25) is 0 Å². The van der Waals surface area contributed by atoms with Gasteiger partial charge in [-0.05, 0) is 41.8 Å². The van der Waals surface area contributed by atoms with Crippen LogP contribution in [0, 0.1) is 11.3 Å². The number of hydrogen-bond donors (Lipinski definition) is 2. The average Bonchev–Trinajstić information content (AvgIpc) is 2.66. The third-order valence-corrected chi connectivity index (χ3v) is 4.16. The summed E-state index contributed by atoms with van der Waals surface area (Å²) in [4.78, 5) is 12.1. The maximum atomic E-state index is 12.1. The van der Waals surface area contributed by atoms with Crippen molar-refractivity contribution in [1.82, 2.24) is 10.6 Å². The minimum atomic E-state index is -0.404. The number of nitrogens with zero attached hydrogens (tertiary/aromatic N) is 1. The summed E-state index contributed by atoms with van der Waals surface area (Å²) < 4.78 is 6.12. The monoisotopic (exact) mass is 413 g/mol. The molecule has 0 aliphatic rings. The molecule has 0 unspecified atom stereocenters. The zero-order valence-corrected chi connectivity index (χ0v) is 16.0. The lowest BCUT2D eigenvalue weighted by molar-refractivity contribution is -0.117. The second-order valence-corrected chi connectivity index (χ2v) is 6.45. The Morgan fingerprint density at radius 2 is 2.00 bits per heavy atom. The van der Waals surface area contributed by atoms with Crippen LogP contribution in [0.15, 0.2) is 64.8 Å². The Labute approximate surface area is 161 Å². The van der Waals surface area contributed by atoms with E-state index in [4.69, 9.17) is 4.74 Å². The molecular weight excluding hydrogens is 394 g/mol. The van der Waals surface area contributed by atoms with Gasteiger partial charge < -0.3 is 15.4 Å². The van der Waals surface area contributed by atoms with E-state index in [0.717, 1.165) is 22.2 Å². The number of ether oxygens (including phenoxy) is 1. The number of nitrogens with one attached hydrogen (secondary N) is 2. The summed E-state index contributed by atoms with van der Waals surface area (Å²) in [6.07, 6.45) is 2.25. The van der Waals surface area contributed by atoms with E-state index in [9.17, 15) is 10.1 Å². The number of halogens is 1. The van der Waals surface area contributed by atoms with Crippen molar-refractivity contribution in [2.24, 2.45) is 0 Å². The van der Waals surface area contributed by atoms with Gasteiger partial charge in [0.25, 0.3) is 5.91 Å². The minimum Gasteiger partial charge on any atom is -0.497 e. The first kappa shape index (κ1) is 19.5. The Morgan fingerprint density at radius 1 is 1.23 bits per heavy atom. The molecule has 0 bridgehead atoms. The molecule has 2 N–H and O–H groups in total. The van der Waals surface area contributed by atoms with E-state index in [1.807, 2.05) is 54.6 Å². The summed E-state index contributed by atoms with van der Waals surface area (Å²) in [5.74, 6) is 0.352. The minimum absolute atomic E-state index is 0.0488. The summed E-state index contributed by atoms with van der Waals surface area (Å²) in [7, 11) is 1.60. The molecule has 2 aromatic rings. The molecule has 6 heteroatoms. The van der Waals surface area contributed by atoms with E-state index in [1.54, 1.807) is 7.11 Å². The Morgan fingerprint density at radius 3 is 2.65 bits per heavy atom. The zero-order chi connectivity index (χ0) is 18.8. The number of carbonyl (C=O) groups is 1. The van der Waals surface area contributed by atoms with Gasteiger partial charge in [-0.25, -0.2) is 0 Å². The fourth-order valence-electron chi connectivity index (χ4n) is 2.25. The highest BCUT2D eigenvalue weighted by atomic mass is 79.9. The van der Waals surface area contributed by atoms with E-state index in [2.05, 4.69) is 26.6 Å². The van der Waals surface area contributed by atoms with Crippen LogP contribution in [0.1, 0.15) is 11.1 Å². The standard InChI is InChI=1S/C20H20BrN3O2/c1-26-19-7-5-16(6-8-19)13-24-20(25)17(12-22)14-23-10-9-15-3-2-4-18(21)11-15/h2-8,11,14,23H,9-10,13H2,1H3,(H,24,25)/b17-14-. The Balaban J connectivity index is 1.81.